The number of nitrogens with one attached hydrogen (secondary N) is 1. The van der Waals surface area contributed by atoms with Crippen LogP contribution in [-0.4, -0.2) is 58.9 Å². The van der Waals surface area contributed by atoms with E-state index in [2.05, 4.69) is 10.4 Å². The molecule has 1 aromatic carbocycles. The summed E-state index contributed by atoms with van der Waals surface area (Å²) in [6.07, 6.45) is 2.38. The third-order valence-electron chi connectivity index (χ3n) is 4.61. The molecule has 1 fully saturated rings. The number of carbonyl (C=O) groups excluding carboxylic acids is 2. The minimum atomic E-state index is -1.09. The van der Waals surface area contributed by atoms with Crippen molar-refractivity contribution in [1.82, 2.24) is 20.0 Å². The Bertz CT molecular complexity index is 823. The SMILES string of the molecule is COc1cccc(CC(=O)NC[C@@H]2C[C@H](F)CN2C(=O)c2cnn(C)c2)c1. The molecule has 0 radical (unpaired) electrons. The minimum absolute atomic E-state index is 0.0319. The number of aryl methyl sites for hydroxylation is 1. The van der Waals surface area contributed by atoms with E-state index in [1.54, 1.807) is 26.4 Å². The molecule has 0 unspecified atom stereocenters. The highest BCUT2D eigenvalue weighted by Gasteiger charge is 2.36. The maximum absolute atomic E-state index is 13.9. The maximum Gasteiger partial charge on any atom is 0.257 e. The number of ether oxygens (including phenoxy) is 1. The maximum atomic E-state index is 13.9. The van der Waals surface area contributed by atoms with Gasteiger partial charge in [-0.1, -0.05) is 12.1 Å². The van der Waals surface area contributed by atoms with Crippen molar-refractivity contribution in [2.24, 2.45) is 7.05 Å². The van der Waals surface area contributed by atoms with Gasteiger partial charge in [-0.05, 0) is 17.7 Å². The van der Waals surface area contributed by atoms with Gasteiger partial charge in [-0.25, -0.2) is 4.39 Å². The van der Waals surface area contributed by atoms with E-state index in [1.807, 2.05) is 18.2 Å². The van der Waals surface area contributed by atoms with E-state index >= 15 is 0 Å². The predicted molar refractivity (Wildman–Crippen MR) is 97.3 cm³/mol. The second-order valence-electron chi connectivity index (χ2n) is 6.68. The van der Waals surface area contributed by atoms with Gasteiger partial charge in [-0.15, -0.1) is 0 Å². The number of amides is 2. The number of carbonyl (C=O) groups is 2. The topological polar surface area (TPSA) is 76.5 Å². The van der Waals surface area contributed by atoms with Crippen LogP contribution in [0.25, 0.3) is 0 Å². The fourth-order valence-electron chi connectivity index (χ4n) is 3.26. The van der Waals surface area contributed by atoms with Gasteiger partial charge >= 0.3 is 0 Å². The normalized spacial score (nSPS) is 19.1. The zero-order chi connectivity index (χ0) is 19.4. The van der Waals surface area contributed by atoms with E-state index in [9.17, 15) is 14.0 Å². The number of hydrogen-bond acceptors (Lipinski definition) is 4. The van der Waals surface area contributed by atoms with E-state index in [4.69, 9.17) is 4.74 Å². The van der Waals surface area contributed by atoms with Crippen LogP contribution in [0.5, 0.6) is 5.75 Å². The number of hydrogen-bond donors (Lipinski definition) is 1. The van der Waals surface area contributed by atoms with Gasteiger partial charge in [-0.3, -0.25) is 14.3 Å². The van der Waals surface area contributed by atoms with Crippen LogP contribution in [0.3, 0.4) is 0 Å². The average Bonchev–Trinajstić information content (AvgIpc) is 3.25. The average molecular weight is 374 g/mol. The monoisotopic (exact) mass is 374 g/mol. The van der Waals surface area contributed by atoms with Crippen LogP contribution in [0, 0.1) is 0 Å². The largest absolute Gasteiger partial charge is 0.497 e. The first-order chi connectivity index (χ1) is 13.0. The molecule has 1 aromatic heterocycles. The Morgan fingerprint density at radius 3 is 2.93 bits per heavy atom. The molecule has 0 bridgehead atoms. The lowest BCUT2D eigenvalue weighted by Crippen LogP contribution is -2.43. The zero-order valence-electron chi connectivity index (χ0n) is 15.4. The molecule has 0 spiro atoms. The van der Waals surface area contributed by atoms with Crippen molar-refractivity contribution in [3.63, 3.8) is 0 Å². The third kappa shape index (κ3) is 4.64. The van der Waals surface area contributed by atoms with Gasteiger partial charge < -0.3 is 15.0 Å². The number of alkyl halides is 1. The lowest BCUT2D eigenvalue weighted by molar-refractivity contribution is -0.120. The van der Waals surface area contributed by atoms with Crippen LogP contribution < -0.4 is 10.1 Å². The molecule has 7 nitrogen and oxygen atoms in total. The van der Waals surface area contributed by atoms with Gasteiger partial charge in [0.15, 0.2) is 0 Å². The molecule has 8 heteroatoms. The van der Waals surface area contributed by atoms with Crippen LogP contribution in [0.1, 0.15) is 22.3 Å². The summed E-state index contributed by atoms with van der Waals surface area (Å²) >= 11 is 0. The number of halogens is 1. The van der Waals surface area contributed by atoms with Gasteiger partial charge in [0.2, 0.25) is 5.91 Å². The highest BCUT2D eigenvalue weighted by atomic mass is 19.1. The van der Waals surface area contributed by atoms with E-state index in [-0.39, 0.29) is 43.8 Å². The van der Waals surface area contributed by atoms with Crippen molar-refractivity contribution in [2.45, 2.75) is 25.1 Å². The summed E-state index contributed by atoms with van der Waals surface area (Å²) < 4.78 is 20.6. The summed E-state index contributed by atoms with van der Waals surface area (Å²) in [6.45, 7) is 0.249. The molecule has 1 aliphatic heterocycles. The first-order valence-electron chi connectivity index (χ1n) is 8.79. The minimum Gasteiger partial charge on any atom is -0.497 e. The summed E-state index contributed by atoms with van der Waals surface area (Å²) in [5.41, 5.74) is 1.24. The first-order valence-corrected chi connectivity index (χ1v) is 8.79. The zero-order valence-corrected chi connectivity index (χ0v) is 15.4. The van der Waals surface area contributed by atoms with Gasteiger partial charge in [0.05, 0.1) is 37.9 Å². The van der Waals surface area contributed by atoms with Crippen LogP contribution in [0.4, 0.5) is 4.39 Å². The highest BCUT2D eigenvalue weighted by molar-refractivity contribution is 5.94. The molecule has 2 atom stereocenters. The van der Waals surface area contributed by atoms with Crippen molar-refractivity contribution in [1.29, 1.82) is 0 Å². The van der Waals surface area contributed by atoms with Crippen molar-refractivity contribution in [3.8, 4) is 5.75 Å². The Balaban J connectivity index is 1.58. The number of benzene rings is 1. The molecule has 2 amide bonds. The Hall–Kier alpha value is -2.90. The lowest BCUT2D eigenvalue weighted by Gasteiger charge is -2.24. The molecule has 1 N–H and O–H groups in total. The molecule has 2 aromatic rings. The number of likely N-dealkylation sites (tertiary alicyclic amines) is 1. The van der Waals surface area contributed by atoms with Gasteiger partial charge in [-0.2, -0.15) is 5.10 Å². The van der Waals surface area contributed by atoms with E-state index in [0.29, 0.717) is 11.3 Å². The summed E-state index contributed by atoms with van der Waals surface area (Å²) in [5, 5.41) is 6.80. The molecular weight excluding hydrogens is 351 g/mol. The van der Waals surface area contributed by atoms with E-state index in [0.717, 1.165) is 5.56 Å². The van der Waals surface area contributed by atoms with Crippen LogP contribution in [0.2, 0.25) is 0 Å². The Morgan fingerprint density at radius 2 is 2.22 bits per heavy atom. The molecule has 144 valence electrons. The molecule has 2 heterocycles. The fourth-order valence-corrected chi connectivity index (χ4v) is 3.26. The second-order valence-corrected chi connectivity index (χ2v) is 6.68. The van der Waals surface area contributed by atoms with Crippen LogP contribution in [0.15, 0.2) is 36.7 Å². The summed E-state index contributed by atoms with van der Waals surface area (Å²) in [6, 6.07) is 6.89. The number of nitrogens with zero attached hydrogens (tertiary/aromatic N) is 3. The summed E-state index contributed by atoms with van der Waals surface area (Å²) in [7, 11) is 3.29. The second kappa shape index (κ2) is 8.20. The van der Waals surface area contributed by atoms with Crippen molar-refractivity contribution in [2.75, 3.05) is 20.2 Å². The Kier molecular flexibility index (Phi) is 5.73. The smallest absolute Gasteiger partial charge is 0.257 e. The fraction of sp³-hybridized carbons (Fsp3) is 0.421. The third-order valence-corrected chi connectivity index (χ3v) is 4.61. The molecule has 0 saturated carbocycles. The first kappa shape index (κ1) is 18.9. The molecule has 27 heavy (non-hydrogen) atoms. The Labute approximate surface area is 157 Å². The van der Waals surface area contributed by atoms with Crippen molar-refractivity contribution in [3.05, 3.63) is 47.8 Å². The molecule has 3 rings (SSSR count). The predicted octanol–water partition coefficient (Wildman–Crippen LogP) is 1.34. The highest BCUT2D eigenvalue weighted by Crippen LogP contribution is 2.22. The number of aromatic nitrogens is 2. The molecule has 1 saturated heterocycles. The lowest BCUT2D eigenvalue weighted by atomic mass is 10.1. The summed E-state index contributed by atoms with van der Waals surface area (Å²) in [5.74, 6) is 0.235. The van der Waals surface area contributed by atoms with Gasteiger partial charge in [0.25, 0.3) is 5.91 Å². The van der Waals surface area contributed by atoms with Gasteiger partial charge in [0, 0.05) is 26.2 Å². The van der Waals surface area contributed by atoms with Crippen LogP contribution >= 0.6 is 0 Å². The molecular formula is C19H23FN4O3. The van der Waals surface area contributed by atoms with E-state index < -0.39 is 6.17 Å². The van der Waals surface area contributed by atoms with Gasteiger partial charge in [0.1, 0.15) is 11.9 Å². The van der Waals surface area contributed by atoms with Crippen molar-refractivity contribution >= 4 is 11.8 Å². The van der Waals surface area contributed by atoms with Crippen LogP contribution in [-0.2, 0) is 18.3 Å². The number of rotatable bonds is 6. The number of methoxy groups -OCH3 is 1. The van der Waals surface area contributed by atoms with E-state index in [1.165, 1.54) is 15.8 Å². The standard InChI is InChI=1S/C19H23FN4O3/c1-23-11-14(9-22-23)19(26)24-12-15(20)8-16(24)10-21-18(25)7-13-4-3-5-17(6-13)27-2/h3-6,9,11,15-16H,7-8,10,12H2,1-2H3,(H,21,25)/t15-,16-/m0/s1. The molecule has 0 aliphatic carbocycles. The summed E-state index contributed by atoms with van der Waals surface area (Å²) in [4.78, 5) is 26.3. The van der Waals surface area contributed by atoms with Crippen molar-refractivity contribution < 1.29 is 18.7 Å². The Morgan fingerprint density at radius 1 is 1.41 bits per heavy atom. The quantitative estimate of drug-likeness (QED) is 0.828. The molecule has 1 aliphatic rings.